The summed E-state index contributed by atoms with van der Waals surface area (Å²) < 4.78 is 0. The summed E-state index contributed by atoms with van der Waals surface area (Å²) >= 11 is 0. The predicted octanol–water partition coefficient (Wildman–Crippen LogP) is 2.72. The van der Waals surface area contributed by atoms with E-state index in [0.717, 1.165) is 12.1 Å². The molecular formula is C13H20N4O5-2. The first kappa shape index (κ1) is 18.0. The van der Waals surface area contributed by atoms with E-state index in [1.807, 2.05) is 27.7 Å². The standard InChI is InChI=1S/C13H20N4O5/c1-8(2)15(9(3)4)13(18)14-10-5-11(16(19)20)7-12(6-10)17(21)22/h5-9,19-20H,1-4H3,(H,14,18)/q-2. The van der Waals surface area contributed by atoms with Gasteiger partial charge in [0.1, 0.15) is 0 Å². The summed E-state index contributed by atoms with van der Waals surface area (Å²) in [7, 11) is 0. The van der Waals surface area contributed by atoms with Crippen molar-refractivity contribution in [2.75, 3.05) is 15.8 Å². The lowest BCUT2D eigenvalue weighted by Gasteiger charge is -2.38. The third-order valence-electron chi connectivity index (χ3n) is 2.94. The fraction of sp³-hybridized carbons (Fsp3) is 0.462. The van der Waals surface area contributed by atoms with Gasteiger partial charge < -0.3 is 25.9 Å². The summed E-state index contributed by atoms with van der Waals surface area (Å²) in [6, 6.07) is 2.76. The molecule has 0 aliphatic rings. The van der Waals surface area contributed by atoms with Crippen LogP contribution in [0.5, 0.6) is 0 Å². The second kappa shape index (κ2) is 7.27. The molecule has 124 valence electrons. The highest BCUT2D eigenvalue weighted by atomic mass is 16.8. The smallest absolute Gasteiger partial charge is 0.322 e. The molecule has 2 amide bonds. The maximum atomic E-state index is 12.3. The Morgan fingerprint density at radius 1 is 1.05 bits per heavy atom. The SMILES string of the molecule is CC(C)N(C(=O)Nc1cc(N([O-])[O-])cc(N(O)O)c1)C(C)C. The highest BCUT2D eigenvalue weighted by Gasteiger charge is 2.20. The van der Waals surface area contributed by atoms with Crippen LogP contribution < -0.4 is 15.8 Å². The van der Waals surface area contributed by atoms with Crippen LogP contribution in [0.3, 0.4) is 0 Å². The van der Waals surface area contributed by atoms with E-state index in [9.17, 15) is 15.2 Å². The molecule has 0 fully saturated rings. The second-order valence-corrected chi connectivity index (χ2v) is 5.31. The van der Waals surface area contributed by atoms with Gasteiger partial charge in [-0.3, -0.25) is 10.4 Å². The predicted molar refractivity (Wildman–Crippen MR) is 82.8 cm³/mol. The van der Waals surface area contributed by atoms with Crippen molar-refractivity contribution >= 4 is 23.1 Å². The van der Waals surface area contributed by atoms with Crippen LogP contribution in [0, 0.1) is 10.4 Å². The van der Waals surface area contributed by atoms with E-state index in [4.69, 9.17) is 10.4 Å². The number of nitrogens with one attached hydrogen (secondary N) is 1. The summed E-state index contributed by atoms with van der Waals surface area (Å²) in [6.45, 7) is 7.40. The van der Waals surface area contributed by atoms with Gasteiger partial charge >= 0.3 is 6.03 Å². The summed E-state index contributed by atoms with van der Waals surface area (Å²) in [5.74, 6) is 0. The number of nitrogens with zero attached hydrogens (tertiary/aromatic N) is 3. The zero-order valence-electron chi connectivity index (χ0n) is 12.8. The molecule has 3 N–H and O–H groups in total. The maximum absolute atomic E-state index is 12.3. The van der Waals surface area contributed by atoms with Crippen LogP contribution in [0.2, 0.25) is 0 Å². The number of rotatable bonds is 5. The Labute approximate surface area is 128 Å². The van der Waals surface area contributed by atoms with Crippen LogP contribution in [0.15, 0.2) is 18.2 Å². The average Bonchev–Trinajstić information content (AvgIpc) is 2.36. The van der Waals surface area contributed by atoms with Crippen molar-refractivity contribution < 1.29 is 15.2 Å². The number of carbonyl (C=O) groups excluding carboxylic acids is 1. The Balaban J connectivity index is 3.08. The van der Waals surface area contributed by atoms with Crippen molar-refractivity contribution in [3.63, 3.8) is 0 Å². The van der Waals surface area contributed by atoms with Gasteiger partial charge in [0.15, 0.2) is 0 Å². The molecule has 0 aromatic heterocycles. The van der Waals surface area contributed by atoms with Crippen LogP contribution in [0.25, 0.3) is 0 Å². The van der Waals surface area contributed by atoms with E-state index < -0.39 is 11.3 Å². The fourth-order valence-electron chi connectivity index (χ4n) is 2.14. The molecule has 1 aromatic rings. The number of hydrogen-bond donors (Lipinski definition) is 3. The first-order valence-corrected chi connectivity index (χ1v) is 6.70. The highest BCUT2D eigenvalue weighted by molar-refractivity contribution is 5.91. The van der Waals surface area contributed by atoms with Gasteiger partial charge in [-0.1, -0.05) is 0 Å². The first-order chi connectivity index (χ1) is 10.1. The lowest BCUT2D eigenvalue weighted by molar-refractivity contribution is 0.0292. The highest BCUT2D eigenvalue weighted by Crippen LogP contribution is 2.27. The van der Waals surface area contributed by atoms with Crippen molar-refractivity contribution in [3.05, 3.63) is 28.6 Å². The number of urea groups is 1. The van der Waals surface area contributed by atoms with E-state index in [2.05, 4.69) is 5.32 Å². The minimum atomic E-state index is -0.689. The van der Waals surface area contributed by atoms with Gasteiger partial charge in [0.25, 0.3) is 0 Å². The lowest BCUT2D eigenvalue weighted by atomic mass is 10.2. The summed E-state index contributed by atoms with van der Waals surface area (Å²) in [4.78, 5) is 13.8. The van der Waals surface area contributed by atoms with Crippen molar-refractivity contribution in [2.45, 2.75) is 39.8 Å². The molecule has 0 unspecified atom stereocenters. The van der Waals surface area contributed by atoms with Crippen molar-refractivity contribution in [1.29, 1.82) is 0 Å². The molecule has 0 atom stereocenters. The molecule has 1 aromatic carbocycles. The summed E-state index contributed by atoms with van der Waals surface area (Å²) in [6.07, 6.45) is 0. The molecule has 22 heavy (non-hydrogen) atoms. The number of benzene rings is 1. The van der Waals surface area contributed by atoms with Gasteiger partial charge in [0.2, 0.25) is 0 Å². The number of anilines is 3. The number of hydrogen-bond acceptors (Lipinski definition) is 7. The zero-order chi connectivity index (χ0) is 17.0. The largest absolute Gasteiger partial charge is 0.769 e. The average molecular weight is 312 g/mol. The molecule has 0 radical (unpaired) electrons. The van der Waals surface area contributed by atoms with Crippen molar-refractivity contribution in [1.82, 2.24) is 4.90 Å². The fourth-order valence-corrected chi connectivity index (χ4v) is 2.14. The maximum Gasteiger partial charge on any atom is 0.322 e. The Kier molecular flexibility index (Phi) is 5.94. The molecule has 9 nitrogen and oxygen atoms in total. The Morgan fingerprint density at radius 3 is 1.95 bits per heavy atom. The molecule has 1 rings (SSSR count). The number of carbonyl (C=O) groups is 1. The van der Waals surface area contributed by atoms with E-state index in [1.54, 1.807) is 4.90 Å². The zero-order valence-corrected chi connectivity index (χ0v) is 12.8. The second-order valence-electron chi connectivity index (χ2n) is 5.31. The Hall–Kier alpha value is -2.07. The van der Waals surface area contributed by atoms with Gasteiger partial charge in [0, 0.05) is 23.5 Å². The van der Waals surface area contributed by atoms with Crippen LogP contribution in [0.4, 0.5) is 21.9 Å². The topological polar surface area (TPSA) is 125 Å². The van der Waals surface area contributed by atoms with Crippen LogP contribution >= 0.6 is 0 Å². The molecular weight excluding hydrogens is 292 g/mol. The monoisotopic (exact) mass is 312 g/mol. The quantitative estimate of drug-likeness (QED) is 0.713. The molecule has 9 heteroatoms. The van der Waals surface area contributed by atoms with E-state index >= 15 is 0 Å². The molecule has 0 bridgehead atoms. The van der Waals surface area contributed by atoms with Crippen LogP contribution in [0.1, 0.15) is 27.7 Å². The van der Waals surface area contributed by atoms with Gasteiger partial charge in [-0.25, -0.2) is 4.79 Å². The minimum Gasteiger partial charge on any atom is -0.769 e. The van der Waals surface area contributed by atoms with Crippen LogP contribution in [-0.2, 0) is 0 Å². The van der Waals surface area contributed by atoms with Gasteiger partial charge in [-0.2, -0.15) is 0 Å². The van der Waals surface area contributed by atoms with Gasteiger partial charge in [-0.15, -0.1) is 5.23 Å². The molecule has 0 aliphatic carbocycles. The Morgan fingerprint density at radius 2 is 1.55 bits per heavy atom. The molecule has 0 saturated carbocycles. The van der Waals surface area contributed by atoms with Crippen molar-refractivity contribution in [3.8, 4) is 0 Å². The third-order valence-corrected chi connectivity index (χ3v) is 2.94. The third kappa shape index (κ3) is 4.46. The molecule has 0 heterocycles. The normalized spacial score (nSPS) is 10.8. The molecule has 0 saturated heterocycles. The van der Waals surface area contributed by atoms with E-state index in [-0.39, 0.29) is 34.4 Å². The van der Waals surface area contributed by atoms with Crippen LogP contribution in [-0.4, -0.2) is 33.4 Å². The minimum absolute atomic E-state index is 0.0645. The first-order valence-electron chi connectivity index (χ1n) is 6.70. The summed E-state index contributed by atoms with van der Waals surface area (Å²) in [5, 5.41) is 41.4. The van der Waals surface area contributed by atoms with E-state index in [0.29, 0.717) is 0 Å². The number of amides is 2. The van der Waals surface area contributed by atoms with Gasteiger partial charge in [0.05, 0.1) is 5.69 Å². The molecule has 0 aliphatic heterocycles. The lowest BCUT2D eigenvalue weighted by Crippen LogP contribution is -2.44. The summed E-state index contributed by atoms with van der Waals surface area (Å²) in [5.41, 5.74) is -0.514. The van der Waals surface area contributed by atoms with E-state index in [1.165, 1.54) is 6.07 Å². The Bertz CT molecular complexity index is 485. The van der Waals surface area contributed by atoms with Gasteiger partial charge in [-0.05, 0) is 45.9 Å². The van der Waals surface area contributed by atoms with Crippen molar-refractivity contribution in [2.24, 2.45) is 0 Å². The molecule has 0 spiro atoms.